The van der Waals surface area contributed by atoms with E-state index in [4.69, 9.17) is 4.74 Å². The largest absolute Gasteiger partial charge is 0.369 e. The van der Waals surface area contributed by atoms with E-state index in [1.54, 1.807) is 30.3 Å². The molecule has 2 aromatic rings. The Labute approximate surface area is 146 Å². The molecular formula is C18H22N4O3. The Morgan fingerprint density at radius 3 is 3.04 bits per heavy atom. The molecule has 0 bridgehead atoms. The lowest BCUT2D eigenvalue weighted by Crippen LogP contribution is -2.44. The van der Waals surface area contributed by atoms with Gasteiger partial charge < -0.3 is 14.6 Å². The molecule has 0 unspecified atom stereocenters. The molecule has 0 radical (unpaired) electrons. The number of nitrogens with zero attached hydrogens (tertiary/aromatic N) is 3. The van der Waals surface area contributed by atoms with E-state index in [-0.39, 0.29) is 11.5 Å². The van der Waals surface area contributed by atoms with E-state index in [0.29, 0.717) is 43.2 Å². The second-order valence-corrected chi connectivity index (χ2v) is 6.10. The van der Waals surface area contributed by atoms with Gasteiger partial charge >= 0.3 is 0 Å². The van der Waals surface area contributed by atoms with Gasteiger partial charge in [0.15, 0.2) is 0 Å². The number of hydrogen-bond donors (Lipinski definition) is 1. The zero-order chi connectivity index (χ0) is 17.8. The number of carbonyl (C=O) groups excluding carboxylic acids is 1. The fourth-order valence-corrected chi connectivity index (χ4v) is 2.89. The summed E-state index contributed by atoms with van der Waals surface area (Å²) in [7, 11) is 0. The number of aromatic nitrogens is 3. The molecule has 132 valence electrons. The zero-order valence-electron chi connectivity index (χ0n) is 14.5. The molecule has 1 atom stereocenters. The van der Waals surface area contributed by atoms with E-state index >= 15 is 0 Å². The molecule has 1 amide bonds. The summed E-state index contributed by atoms with van der Waals surface area (Å²) in [6.45, 7) is 5.15. The third kappa shape index (κ3) is 3.76. The van der Waals surface area contributed by atoms with Crippen LogP contribution < -0.4 is 5.56 Å². The summed E-state index contributed by atoms with van der Waals surface area (Å²) in [6.07, 6.45) is 4.19. The van der Waals surface area contributed by atoms with Gasteiger partial charge in [-0.3, -0.25) is 14.6 Å². The van der Waals surface area contributed by atoms with E-state index in [2.05, 4.69) is 15.0 Å². The van der Waals surface area contributed by atoms with Crippen molar-refractivity contribution in [1.29, 1.82) is 0 Å². The van der Waals surface area contributed by atoms with Gasteiger partial charge in [0, 0.05) is 36.7 Å². The molecule has 7 heteroatoms. The quantitative estimate of drug-likeness (QED) is 0.890. The number of rotatable bonds is 5. The van der Waals surface area contributed by atoms with Crippen LogP contribution in [0.1, 0.15) is 31.5 Å². The van der Waals surface area contributed by atoms with Crippen molar-refractivity contribution in [3.05, 3.63) is 46.1 Å². The number of pyridine rings is 1. The van der Waals surface area contributed by atoms with Crippen molar-refractivity contribution in [3.63, 3.8) is 0 Å². The topological polar surface area (TPSA) is 88.2 Å². The van der Waals surface area contributed by atoms with Crippen LogP contribution in [0.5, 0.6) is 0 Å². The van der Waals surface area contributed by atoms with Gasteiger partial charge in [0.1, 0.15) is 11.9 Å². The van der Waals surface area contributed by atoms with Gasteiger partial charge in [0.2, 0.25) is 0 Å². The highest BCUT2D eigenvalue weighted by atomic mass is 16.5. The summed E-state index contributed by atoms with van der Waals surface area (Å²) in [5, 5.41) is 0. The molecule has 0 aromatic carbocycles. The van der Waals surface area contributed by atoms with E-state index in [0.717, 1.165) is 12.0 Å². The zero-order valence-corrected chi connectivity index (χ0v) is 14.5. The lowest BCUT2D eigenvalue weighted by molar-refractivity contribution is -0.143. The predicted octanol–water partition coefficient (Wildman–Crippen LogP) is 1.53. The maximum atomic E-state index is 12.5. The Morgan fingerprint density at radius 1 is 1.48 bits per heavy atom. The minimum atomic E-state index is -0.485. The molecule has 7 nitrogen and oxygen atoms in total. The average Bonchev–Trinajstić information content (AvgIpc) is 2.65. The third-order valence-electron chi connectivity index (χ3n) is 4.24. The van der Waals surface area contributed by atoms with Gasteiger partial charge in [-0.15, -0.1) is 0 Å². The molecule has 0 saturated carbocycles. The Balaban J connectivity index is 1.83. The Kier molecular flexibility index (Phi) is 5.23. The molecule has 0 saturated heterocycles. The van der Waals surface area contributed by atoms with Gasteiger partial charge in [0.25, 0.3) is 11.5 Å². The molecule has 1 aliphatic heterocycles. The smallest absolute Gasteiger partial charge is 0.254 e. The number of fused-ring (bicyclic) bond motifs is 1. The van der Waals surface area contributed by atoms with Crippen molar-refractivity contribution >= 4 is 5.91 Å². The highest BCUT2D eigenvalue weighted by Crippen LogP contribution is 2.19. The van der Waals surface area contributed by atoms with Crippen molar-refractivity contribution < 1.29 is 9.53 Å². The van der Waals surface area contributed by atoms with E-state index in [1.165, 1.54) is 0 Å². The Hall–Kier alpha value is -2.54. The molecule has 2 aromatic heterocycles. The number of amides is 1. The van der Waals surface area contributed by atoms with Crippen molar-refractivity contribution in [3.8, 4) is 11.4 Å². The molecule has 3 rings (SSSR count). The maximum absolute atomic E-state index is 12.5. The number of carbonyl (C=O) groups is 1. The van der Waals surface area contributed by atoms with Crippen LogP contribution in [-0.4, -0.2) is 45.0 Å². The van der Waals surface area contributed by atoms with Crippen molar-refractivity contribution in [2.75, 3.05) is 13.2 Å². The standard InChI is InChI=1S/C18H22N4O3/c1-3-9-25-12(2)18(24)22-8-6-14-15(11-22)20-16(21-17(14)23)13-5-4-7-19-10-13/h4-5,7,10,12H,3,6,8-9,11H2,1-2H3,(H,20,21,23)/t12-/m1/s1. The lowest BCUT2D eigenvalue weighted by Gasteiger charge is -2.30. The molecule has 0 spiro atoms. The molecule has 1 N–H and O–H groups in total. The maximum Gasteiger partial charge on any atom is 0.254 e. The van der Waals surface area contributed by atoms with Gasteiger partial charge in [-0.1, -0.05) is 6.92 Å². The van der Waals surface area contributed by atoms with E-state index < -0.39 is 6.10 Å². The van der Waals surface area contributed by atoms with E-state index in [1.807, 2.05) is 13.0 Å². The third-order valence-corrected chi connectivity index (χ3v) is 4.24. The minimum Gasteiger partial charge on any atom is -0.369 e. The fourth-order valence-electron chi connectivity index (χ4n) is 2.89. The summed E-state index contributed by atoms with van der Waals surface area (Å²) in [5.74, 6) is 0.408. The second-order valence-electron chi connectivity index (χ2n) is 6.10. The van der Waals surface area contributed by atoms with Crippen LogP contribution in [0.3, 0.4) is 0 Å². The summed E-state index contributed by atoms with van der Waals surface area (Å²) in [4.78, 5) is 38.0. The van der Waals surface area contributed by atoms with Crippen molar-refractivity contribution in [1.82, 2.24) is 19.9 Å². The first-order chi connectivity index (χ1) is 12.1. The van der Waals surface area contributed by atoms with Gasteiger partial charge in [-0.05, 0) is 31.9 Å². The number of aromatic amines is 1. The first kappa shape index (κ1) is 17.3. The van der Waals surface area contributed by atoms with Gasteiger partial charge in [-0.25, -0.2) is 4.98 Å². The molecular weight excluding hydrogens is 320 g/mol. The summed E-state index contributed by atoms with van der Waals surface area (Å²) in [5.41, 5.74) is 1.89. The number of nitrogens with one attached hydrogen (secondary N) is 1. The van der Waals surface area contributed by atoms with Crippen LogP contribution in [0, 0.1) is 0 Å². The van der Waals surface area contributed by atoms with Crippen LogP contribution in [0.2, 0.25) is 0 Å². The number of ether oxygens (including phenoxy) is 1. The van der Waals surface area contributed by atoms with Gasteiger partial charge in [0.05, 0.1) is 12.2 Å². The van der Waals surface area contributed by atoms with Gasteiger partial charge in [-0.2, -0.15) is 0 Å². The highest BCUT2D eigenvalue weighted by molar-refractivity contribution is 5.80. The highest BCUT2D eigenvalue weighted by Gasteiger charge is 2.27. The summed E-state index contributed by atoms with van der Waals surface area (Å²) in [6, 6.07) is 3.63. The molecule has 1 aliphatic rings. The average molecular weight is 342 g/mol. The minimum absolute atomic E-state index is 0.0656. The number of H-pyrrole nitrogens is 1. The van der Waals surface area contributed by atoms with Crippen LogP contribution in [0.15, 0.2) is 29.3 Å². The lowest BCUT2D eigenvalue weighted by atomic mass is 10.1. The first-order valence-corrected chi connectivity index (χ1v) is 8.53. The monoisotopic (exact) mass is 342 g/mol. The predicted molar refractivity (Wildman–Crippen MR) is 92.9 cm³/mol. The first-order valence-electron chi connectivity index (χ1n) is 8.53. The molecule has 3 heterocycles. The van der Waals surface area contributed by atoms with Crippen LogP contribution in [0.25, 0.3) is 11.4 Å². The summed E-state index contributed by atoms with van der Waals surface area (Å²) >= 11 is 0. The van der Waals surface area contributed by atoms with Crippen LogP contribution in [0.4, 0.5) is 0 Å². The second kappa shape index (κ2) is 7.57. The Bertz CT molecular complexity index is 804. The normalized spacial score (nSPS) is 14.9. The van der Waals surface area contributed by atoms with Crippen molar-refractivity contribution in [2.24, 2.45) is 0 Å². The molecule has 25 heavy (non-hydrogen) atoms. The number of hydrogen-bond acceptors (Lipinski definition) is 5. The van der Waals surface area contributed by atoms with E-state index in [9.17, 15) is 9.59 Å². The Morgan fingerprint density at radius 2 is 2.32 bits per heavy atom. The SMILES string of the molecule is CCCO[C@H](C)C(=O)N1CCc2c(nc(-c3cccnc3)[nH]c2=O)C1. The van der Waals surface area contributed by atoms with Crippen LogP contribution in [-0.2, 0) is 22.5 Å². The fraction of sp³-hybridized carbons (Fsp3) is 0.444. The molecule has 0 fully saturated rings. The summed E-state index contributed by atoms with van der Waals surface area (Å²) < 4.78 is 5.52. The molecule has 0 aliphatic carbocycles. The van der Waals surface area contributed by atoms with Crippen LogP contribution >= 0.6 is 0 Å². The van der Waals surface area contributed by atoms with Crippen molar-refractivity contribution in [2.45, 2.75) is 39.3 Å².